The van der Waals surface area contributed by atoms with Crippen LogP contribution >= 0.6 is 11.8 Å². The van der Waals surface area contributed by atoms with Crippen molar-refractivity contribution in [3.63, 3.8) is 0 Å². The first-order valence-electron chi connectivity index (χ1n) is 6.57. The maximum Gasteiger partial charge on any atom is 0.332 e. The highest BCUT2D eigenvalue weighted by molar-refractivity contribution is 7.99. The van der Waals surface area contributed by atoms with Gasteiger partial charge in [0.1, 0.15) is 6.10 Å². The molecule has 0 saturated carbocycles. The SMILES string of the molecule is O=C(O)C1CCC(c2nc(C3CCCCS3)no2)O1. The van der Waals surface area contributed by atoms with Gasteiger partial charge in [-0.25, -0.2) is 4.79 Å². The number of aliphatic carboxylic acids is 1. The highest BCUT2D eigenvalue weighted by Gasteiger charge is 2.35. The standard InChI is InChI=1S/C12H16N2O4S/c15-12(16)8-5-4-7(17-8)11-13-10(14-18-11)9-3-1-2-6-19-9/h7-9H,1-6H2,(H,15,16). The maximum atomic E-state index is 10.8. The van der Waals surface area contributed by atoms with E-state index in [1.807, 2.05) is 11.8 Å². The van der Waals surface area contributed by atoms with Crippen molar-refractivity contribution in [3.8, 4) is 0 Å². The molecule has 0 bridgehead atoms. The lowest BCUT2D eigenvalue weighted by molar-refractivity contribution is -0.150. The average Bonchev–Trinajstić information content (AvgIpc) is 3.09. The van der Waals surface area contributed by atoms with Crippen LogP contribution < -0.4 is 0 Å². The molecule has 0 aromatic carbocycles. The molecule has 1 aromatic heterocycles. The fraction of sp³-hybridized carbons (Fsp3) is 0.750. The Bertz CT molecular complexity index is 458. The van der Waals surface area contributed by atoms with Crippen LogP contribution in [0.15, 0.2) is 4.52 Å². The highest BCUT2D eigenvalue weighted by Crippen LogP contribution is 2.38. The van der Waals surface area contributed by atoms with E-state index < -0.39 is 12.1 Å². The molecular formula is C12H16N2O4S. The summed E-state index contributed by atoms with van der Waals surface area (Å²) in [5.41, 5.74) is 0. The molecule has 7 heteroatoms. The Kier molecular flexibility index (Phi) is 3.74. The first-order chi connectivity index (χ1) is 9.24. The van der Waals surface area contributed by atoms with Gasteiger partial charge in [0, 0.05) is 0 Å². The normalized spacial score (nSPS) is 31.5. The smallest absolute Gasteiger partial charge is 0.332 e. The number of thioether (sulfide) groups is 1. The summed E-state index contributed by atoms with van der Waals surface area (Å²) in [4.78, 5) is 15.2. The van der Waals surface area contributed by atoms with E-state index in [9.17, 15) is 4.79 Å². The van der Waals surface area contributed by atoms with Crippen molar-refractivity contribution in [2.45, 2.75) is 49.6 Å². The molecule has 2 saturated heterocycles. The summed E-state index contributed by atoms with van der Waals surface area (Å²) in [7, 11) is 0. The van der Waals surface area contributed by atoms with Gasteiger partial charge >= 0.3 is 5.97 Å². The average molecular weight is 284 g/mol. The summed E-state index contributed by atoms with van der Waals surface area (Å²) < 4.78 is 10.6. The van der Waals surface area contributed by atoms with Crippen LogP contribution in [0.2, 0.25) is 0 Å². The summed E-state index contributed by atoms with van der Waals surface area (Å²) in [6, 6.07) is 0. The number of rotatable bonds is 3. The molecule has 1 N–H and O–H groups in total. The largest absolute Gasteiger partial charge is 0.479 e. The fourth-order valence-corrected chi connectivity index (χ4v) is 3.69. The summed E-state index contributed by atoms with van der Waals surface area (Å²) in [5, 5.41) is 13.2. The predicted octanol–water partition coefficient (Wildman–Crippen LogP) is 2.33. The van der Waals surface area contributed by atoms with Crippen LogP contribution in [0.25, 0.3) is 0 Å². The second-order valence-corrected chi connectivity index (χ2v) is 6.19. The number of hydrogen-bond acceptors (Lipinski definition) is 6. The molecule has 2 fully saturated rings. The van der Waals surface area contributed by atoms with E-state index in [1.54, 1.807) is 0 Å². The Morgan fingerprint density at radius 1 is 1.32 bits per heavy atom. The van der Waals surface area contributed by atoms with Gasteiger partial charge in [-0.05, 0) is 31.4 Å². The molecule has 6 nitrogen and oxygen atoms in total. The lowest BCUT2D eigenvalue weighted by atomic mass is 10.2. The van der Waals surface area contributed by atoms with Crippen LogP contribution in [0.4, 0.5) is 0 Å². The van der Waals surface area contributed by atoms with Gasteiger partial charge < -0.3 is 14.4 Å². The van der Waals surface area contributed by atoms with E-state index >= 15 is 0 Å². The molecular weight excluding hydrogens is 268 g/mol. The number of nitrogens with zero attached hydrogens (tertiary/aromatic N) is 2. The van der Waals surface area contributed by atoms with E-state index in [-0.39, 0.29) is 6.10 Å². The predicted molar refractivity (Wildman–Crippen MR) is 67.8 cm³/mol. The van der Waals surface area contributed by atoms with E-state index in [1.165, 1.54) is 12.8 Å². The third-order valence-corrected chi connectivity index (χ3v) is 4.87. The molecule has 0 spiro atoms. The summed E-state index contributed by atoms with van der Waals surface area (Å²) in [5.74, 6) is 1.35. The summed E-state index contributed by atoms with van der Waals surface area (Å²) >= 11 is 1.86. The molecule has 3 atom stereocenters. The number of carboxylic acids is 1. The minimum absolute atomic E-state index is 0.308. The highest BCUT2D eigenvalue weighted by atomic mass is 32.2. The van der Waals surface area contributed by atoms with Crippen molar-refractivity contribution in [1.29, 1.82) is 0 Å². The van der Waals surface area contributed by atoms with Gasteiger partial charge in [-0.3, -0.25) is 0 Å². The summed E-state index contributed by atoms with van der Waals surface area (Å²) in [6.07, 6.45) is 3.53. The third kappa shape index (κ3) is 2.76. The first kappa shape index (κ1) is 12.9. The third-order valence-electron chi connectivity index (χ3n) is 3.50. The molecule has 3 heterocycles. The second kappa shape index (κ2) is 5.50. The quantitative estimate of drug-likeness (QED) is 0.911. The van der Waals surface area contributed by atoms with E-state index in [4.69, 9.17) is 14.4 Å². The minimum Gasteiger partial charge on any atom is -0.479 e. The molecule has 2 aliphatic heterocycles. The Labute approximate surface area is 114 Å². The molecule has 3 unspecified atom stereocenters. The summed E-state index contributed by atoms with van der Waals surface area (Å²) in [6.45, 7) is 0. The van der Waals surface area contributed by atoms with Gasteiger partial charge in [-0.2, -0.15) is 16.7 Å². The molecule has 1 aromatic rings. The van der Waals surface area contributed by atoms with Crippen LogP contribution in [-0.4, -0.2) is 33.1 Å². The number of ether oxygens (including phenoxy) is 1. The molecule has 104 valence electrons. The van der Waals surface area contributed by atoms with Crippen molar-refractivity contribution in [1.82, 2.24) is 10.1 Å². The monoisotopic (exact) mass is 284 g/mol. The van der Waals surface area contributed by atoms with Crippen molar-refractivity contribution in [3.05, 3.63) is 11.7 Å². The number of carbonyl (C=O) groups is 1. The van der Waals surface area contributed by atoms with Crippen LogP contribution in [0.5, 0.6) is 0 Å². The Hall–Kier alpha value is -1.08. The maximum absolute atomic E-state index is 10.8. The first-order valence-corrected chi connectivity index (χ1v) is 7.62. The molecule has 0 aliphatic carbocycles. The zero-order valence-corrected chi connectivity index (χ0v) is 11.3. The Balaban J connectivity index is 1.66. The number of aromatic nitrogens is 2. The lowest BCUT2D eigenvalue weighted by Crippen LogP contribution is -2.18. The molecule has 0 radical (unpaired) electrons. The van der Waals surface area contributed by atoms with Crippen molar-refractivity contribution >= 4 is 17.7 Å². The van der Waals surface area contributed by atoms with Crippen LogP contribution in [-0.2, 0) is 9.53 Å². The van der Waals surface area contributed by atoms with Gasteiger partial charge in [0.25, 0.3) is 5.89 Å². The Morgan fingerprint density at radius 3 is 2.89 bits per heavy atom. The van der Waals surface area contributed by atoms with Gasteiger partial charge in [-0.1, -0.05) is 11.6 Å². The molecule has 2 aliphatic rings. The van der Waals surface area contributed by atoms with E-state index in [0.717, 1.165) is 18.0 Å². The fourth-order valence-electron chi connectivity index (χ4n) is 2.45. The molecule has 0 amide bonds. The zero-order valence-electron chi connectivity index (χ0n) is 10.4. The zero-order chi connectivity index (χ0) is 13.2. The lowest BCUT2D eigenvalue weighted by Gasteiger charge is -2.17. The van der Waals surface area contributed by atoms with Crippen LogP contribution in [0.3, 0.4) is 0 Å². The van der Waals surface area contributed by atoms with Gasteiger partial charge in [0.05, 0.1) is 5.25 Å². The van der Waals surface area contributed by atoms with Crippen molar-refractivity contribution in [2.24, 2.45) is 0 Å². The number of carboxylic acid groups (broad SMARTS) is 1. The minimum atomic E-state index is -0.926. The van der Waals surface area contributed by atoms with E-state index in [0.29, 0.717) is 24.0 Å². The van der Waals surface area contributed by atoms with Crippen molar-refractivity contribution in [2.75, 3.05) is 5.75 Å². The van der Waals surface area contributed by atoms with Crippen molar-refractivity contribution < 1.29 is 19.2 Å². The van der Waals surface area contributed by atoms with Gasteiger partial charge in [0.15, 0.2) is 11.9 Å². The van der Waals surface area contributed by atoms with Gasteiger partial charge in [-0.15, -0.1) is 0 Å². The van der Waals surface area contributed by atoms with Crippen LogP contribution in [0, 0.1) is 0 Å². The second-order valence-electron chi connectivity index (χ2n) is 4.87. The topological polar surface area (TPSA) is 85.5 Å². The Morgan fingerprint density at radius 2 is 2.21 bits per heavy atom. The van der Waals surface area contributed by atoms with Gasteiger partial charge in [0.2, 0.25) is 0 Å². The van der Waals surface area contributed by atoms with E-state index in [2.05, 4.69) is 10.1 Å². The number of hydrogen-bond donors (Lipinski definition) is 1. The molecule has 3 rings (SSSR count). The molecule has 19 heavy (non-hydrogen) atoms. The van der Waals surface area contributed by atoms with Crippen LogP contribution in [0.1, 0.15) is 55.2 Å².